The molecule has 0 atom stereocenters. The third-order valence-electron chi connectivity index (χ3n) is 6.31. The molecule has 0 radical (unpaired) electrons. The standard InChI is InChI=1S/C26H33FN4O3/c1-30(2)12-13-34-25-15-20(5-7-24(25)33-3)29-26(32)17-31-10-8-18(9-11-31)22-16-28-23-6-4-19(27)14-21(22)23/h4-7,14-16,18,28H,8-13,17H2,1-3H3,(H,29,32). The van der Waals surface area contributed by atoms with Crippen molar-refractivity contribution in [1.82, 2.24) is 14.8 Å². The zero-order valence-electron chi connectivity index (χ0n) is 20.1. The highest BCUT2D eigenvalue weighted by molar-refractivity contribution is 5.92. The summed E-state index contributed by atoms with van der Waals surface area (Å²) >= 11 is 0. The third kappa shape index (κ3) is 5.87. The van der Waals surface area contributed by atoms with Crippen LogP contribution in [0.4, 0.5) is 10.1 Å². The molecule has 34 heavy (non-hydrogen) atoms. The summed E-state index contributed by atoms with van der Waals surface area (Å²) in [7, 11) is 5.57. The number of ether oxygens (including phenoxy) is 2. The minimum Gasteiger partial charge on any atom is -0.493 e. The van der Waals surface area contributed by atoms with Gasteiger partial charge < -0.3 is 24.7 Å². The first-order chi connectivity index (χ1) is 16.4. The number of nitrogens with one attached hydrogen (secondary N) is 2. The van der Waals surface area contributed by atoms with E-state index in [1.54, 1.807) is 31.4 Å². The van der Waals surface area contributed by atoms with Crippen LogP contribution in [0.3, 0.4) is 0 Å². The van der Waals surface area contributed by atoms with E-state index in [1.165, 1.54) is 11.6 Å². The summed E-state index contributed by atoms with van der Waals surface area (Å²) in [6.45, 7) is 3.28. The molecule has 1 aliphatic heterocycles. The first-order valence-corrected chi connectivity index (χ1v) is 11.7. The number of methoxy groups -OCH3 is 1. The lowest BCUT2D eigenvalue weighted by Gasteiger charge is -2.31. The van der Waals surface area contributed by atoms with Crippen LogP contribution in [0.1, 0.15) is 24.3 Å². The molecule has 2 aromatic carbocycles. The molecule has 1 aromatic heterocycles. The molecule has 1 saturated heterocycles. The molecule has 3 aromatic rings. The maximum absolute atomic E-state index is 13.7. The number of aromatic amines is 1. The zero-order chi connectivity index (χ0) is 24.1. The lowest BCUT2D eigenvalue weighted by Crippen LogP contribution is -2.38. The maximum Gasteiger partial charge on any atom is 0.238 e. The lowest BCUT2D eigenvalue weighted by atomic mass is 9.89. The molecular weight excluding hydrogens is 435 g/mol. The number of anilines is 1. The van der Waals surface area contributed by atoms with Gasteiger partial charge in [0, 0.05) is 35.4 Å². The van der Waals surface area contributed by atoms with Crippen LogP contribution in [0.5, 0.6) is 11.5 Å². The molecule has 0 aliphatic carbocycles. The number of likely N-dealkylation sites (N-methyl/N-ethyl adjacent to an activating group) is 1. The van der Waals surface area contributed by atoms with Crippen LogP contribution in [-0.2, 0) is 4.79 Å². The summed E-state index contributed by atoms with van der Waals surface area (Å²) in [4.78, 5) is 20.1. The van der Waals surface area contributed by atoms with Crippen LogP contribution in [0.15, 0.2) is 42.6 Å². The number of carbonyl (C=O) groups is 1. The van der Waals surface area contributed by atoms with Crippen molar-refractivity contribution in [3.8, 4) is 11.5 Å². The van der Waals surface area contributed by atoms with E-state index >= 15 is 0 Å². The fourth-order valence-corrected chi connectivity index (χ4v) is 4.46. The Labute approximate surface area is 199 Å². The number of likely N-dealkylation sites (tertiary alicyclic amines) is 1. The van der Waals surface area contributed by atoms with E-state index in [4.69, 9.17) is 9.47 Å². The van der Waals surface area contributed by atoms with Crippen molar-refractivity contribution in [3.05, 3.63) is 54.0 Å². The minimum absolute atomic E-state index is 0.0583. The Hall–Kier alpha value is -3.10. The molecular formula is C26H33FN4O3. The van der Waals surface area contributed by atoms with Crippen molar-refractivity contribution in [3.63, 3.8) is 0 Å². The molecule has 0 spiro atoms. The highest BCUT2D eigenvalue weighted by atomic mass is 19.1. The molecule has 1 amide bonds. The fraction of sp³-hybridized carbons (Fsp3) is 0.423. The van der Waals surface area contributed by atoms with Gasteiger partial charge in [0.1, 0.15) is 12.4 Å². The van der Waals surface area contributed by atoms with Gasteiger partial charge in [-0.05, 0) is 81.8 Å². The van der Waals surface area contributed by atoms with Crippen molar-refractivity contribution in [1.29, 1.82) is 0 Å². The highest BCUT2D eigenvalue weighted by Gasteiger charge is 2.24. The fourth-order valence-electron chi connectivity index (χ4n) is 4.46. The van der Waals surface area contributed by atoms with Crippen LogP contribution >= 0.6 is 0 Å². The number of aromatic nitrogens is 1. The Balaban J connectivity index is 1.30. The molecule has 1 fully saturated rings. The number of H-pyrrole nitrogens is 1. The van der Waals surface area contributed by atoms with Gasteiger partial charge in [0.05, 0.1) is 13.7 Å². The zero-order valence-corrected chi connectivity index (χ0v) is 20.1. The van der Waals surface area contributed by atoms with E-state index in [2.05, 4.69) is 15.2 Å². The Morgan fingerprint density at radius 3 is 2.71 bits per heavy atom. The maximum atomic E-state index is 13.7. The first-order valence-electron chi connectivity index (χ1n) is 11.7. The molecule has 1 aliphatic rings. The minimum atomic E-state index is -0.216. The smallest absolute Gasteiger partial charge is 0.238 e. The number of fused-ring (bicyclic) bond motifs is 1. The second kappa shape index (κ2) is 10.9. The average Bonchev–Trinajstić information content (AvgIpc) is 3.22. The summed E-state index contributed by atoms with van der Waals surface area (Å²) < 4.78 is 24.9. The number of nitrogens with zero attached hydrogens (tertiary/aromatic N) is 2. The van der Waals surface area contributed by atoms with Crippen molar-refractivity contribution in [2.75, 3.05) is 59.3 Å². The molecule has 7 nitrogen and oxygen atoms in total. The molecule has 0 bridgehead atoms. The van der Waals surface area contributed by atoms with E-state index < -0.39 is 0 Å². The number of piperidine rings is 1. The monoisotopic (exact) mass is 468 g/mol. The Kier molecular flexibility index (Phi) is 7.70. The number of halogens is 1. The molecule has 4 rings (SSSR count). The first kappa shape index (κ1) is 24.0. The van der Waals surface area contributed by atoms with Crippen molar-refractivity contribution in [2.24, 2.45) is 0 Å². The van der Waals surface area contributed by atoms with Gasteiger partial charge in [-0.3, -0.25) is 9.69 Å². The van der Waals surface area contributed by atoms with Crippen molar-refractivity contribution < 1.29 is 18.7 Å². The second-order valence-electron chi connectivity index (χ2n) is 9.05. The SMILES string of the molecule is COc1ccc(NC(=O)CN2CCC(c3c[nH]c4ccc(F)cc34)CC2)cc1OCCN(C)C. The third-order valence-corrected chi connectivity index (χ3v) is 6.31. The van der Waals surface area contributed by atoms with Crippen molar-refractivity contribution >= 4 is 22.5 Å². The molecule has 182 valence electrons. The average molecular weight is 469 g/mol. The van der Waals surface area contributed by atoms with Gasteiger partial charge in [0.15, 0.2) is 11.5 Å². The van der Waals surface area contributed by atoms with E-state index in [0.717, 1.165) is 43.4 Å². The van der Waals surface area contributed by atoms with Crippen LogP contribution in [-0.4, -0.2) is 74.7 Å². The van der Waals surface area contributed by atoms with Crippen LogP contribution < -0.4 is 14.8 Å². The van der Waals surface area contributed by atoms with Gasteiger partial charge in [-0.1, -0.05) is 0 Å². The second-order valence-corrected chi connectivity index (χ2v) is 9.05. The molecule has 2 heterocycles. The Morgan fingerprint density at radius 1 is 1.18 bits per heavy atom. The molecule has 0 saturated carbocycles. The number of hydrogen-bond donors (Lipinski definition) is 2. The highest BCUT2D eigenvalue weighted by Crippen LogP contribution is 2.34. The predicted molar refractivity (Wildman–Crippen MR) is 132 cm³/mol. The van der Waals surface area contributed by atoms with Crippen LogP contribution in [0.25, 0.3) is 10.9 Å². The van der Waals surface area contributed by atoms with Gasteiger partial charge in [-0.25, -0.2) is 4.39 Å². The van der Waals surface area contributed by atoms with E-state index in [9.17, 15) is 9.18 Å². The number of rotatable bonds is 9. The molecule has 8 heteroatoms. The largest absolute Gasteiger partial charge is 0.493 e. The summed E-state index contributed by atoms with van der Waals surface area (Å²) in [5, 5.41) is 3.93. The Bertz CT molecular complexity index is 1120. The van der Waals surface area contributed by atoms with Gasteiger partial charge >= 0.3 is 0 Å². The van der Waals surface area contributed by atoms with E-state index in [1.807, 2.05) is 31.3 Å². The van der Waals surface area contributed by atoms with Gasteiger partial charge in [-0.2, -0.15) is 0 Å². The topological polar surface area (TPSA) is 69.8 Å². The number of amides is 1. The van der Waals surface area contributed by atoms with Gasteiger partial charge in [0.2, 0.25) is 5.91 Å². The summed E-state index contributed by atoms with van der Waals surface area (Å²) in [5.74, 6) is 1.33. The van der Waals surface area contributed by atoms with Crippen LogP contribution in [0, 0.1) is 5.82 Å². The van der Waals surface area contributed by atoms with Gasteiger partial charge in [0.25, 0.3) is 0 Å². The number of benzene rings is 2. The van der Waals surface area contributed by atoms with Crippen molar-refractivity contribution in [2.45, 2.75) is 18.8 Å². The summed E-state index contributed by atoms with van der Waals surface area (Å²) in [6.07, 6.45) is 3.87. The summed E-state index contributed by atoms with van der Waals surface area (Å²) in [6, 6.07) is 10.3. The molecule has 0 unspecified atom stereocenters. The van der Waals surface area contributed by atoms with Gasteiger partial charge in [-0.15, -0.1) is 0 Å². The predicted octanol–water partition coefficient (Wildman–Crippen LogP) is 4.07. The number of carbonyl (C=O) groups excluding carboxylic acids is 1. The number of hydrogen-bond acceptors (Lipinski definition) is 5. The summed E-state index contributed by atoms with van der Waals surface area (Å²) in [5.41, 5.74) is 2.81. The van der Waals surface area contributed by atoms with E-state index in [0.29, 0.717) is 36.3 Å². The Morgan fingerprint density at radius 2 is 1.97 bits per heavy atom. The lowest BCUT2D eigenvalue weighted by molar-refractivity contribution is -0.117. The van der Waals surface area contributed by atoms with Crippen LogP contribution in [0.2, 0.25) is 0 Å². The van der Waals surface area contributed by atoms with E-state index in [-0.39, 0.29) is 11.7 Å². The normalized spacial score (nSPS) is 15.1. The molecule has 2 N–H and O–H groups in total. The quantitative estimate of drug-likeness (QED) is 0.495.